The van der Waals surface area contributed by atoms with E-state index in [-0.39, 0.29) is 5.56 Å². The van der Waals surface area contributed by atoms with E-state index in [1.165, 1.54) is 11.3 Å². The van der Waals surface area contributed by atoms with E-state index in [2.05, 4.69) is 0 Å². The lowest BCUT2D eigenvalue weighted by Gasteiger charge is -2.09. The van der Waals surface area contributed by atoms with Crippen LogP contribution >= 0.6 is 22.9 Å². The molecular weight excluding hydrogens is 257 g/mol. The molecule has 5 heteroatoms. The molecule has 0 N–H and O–H groups in total. The van der Waals surface area contributed by atoms with Gasteiger partial charge in [0.15, 0.2) is 11.6 Å². The first-order valence-electron chi connectivity index (χ1n) is 4.40. The molecule has 2 aromatic rings. The van der Waals surface area contributed by atoms with Crippen LogP contribution in [0.1, 0.15) is 16.5 Å². The highest BCUT2D eigenvalue weighted by Crippen LogP contribution is 2.32. The number of hydrogen-bond acceptors (Lipinski definition) is 1. The summed E-state index contributed by atoms with van der Waals surface area (Å²) in [4.78, 5) is 0. The number of benzene rings is 1. The maximum atomic E-state index is 13.4. The molecule has 2 rings (SSSR count). The summed E-state index contributed by atoms with van der Waals surface area (Å²) in [5, 5.41) is 2.71. The first kappa shape index (κ1) is 11.5. The van der Waals surface area contributed by atoms with Gasteiger partial charge in [0.25, 0.3) is 0 Å². The van der Waals surface area contributed by atoms with Crippen LogP contribution in [-0.4, -0.2) is 0 Å². The van der Waals surface area contributed by atoms with Crippen molar-refractivity contribution in [1.29, 1.82) is 0 Å². The predicted molar refractivity (Wildman–Crippen MR) is 58.3 cm³/mol. The van der Waals surface area contributed by atoms with Gasteiger partial charge in [-0.2, -0.15) is 11.3 Å². The van der Waals surface area contributed by atoms with Gasteiger partial charge in [-0.15, -0.1) is 11.6 Å². The van der Waals surface area contributed by atoms with E-state index in [1.807, 2.05) is 0 Å². The monoisotopic (exact) mass is 262 g/mol. The number of thiophene rings is 1. The molecule has 0 bridgehead atoms. The van der Waals surface area contributed by atoms with Crippen LogP contribution in [0.2, 0.25) is 0 Å². The van der Waals surface area contributed by atoms with Crippen LogP contribution in [0.25, 0.3) is 0 Å². The predicted octanol–water partition coefficient (Wildman–Crippen LogP) is 4.49. The molecule has 1 aromatic carbocycles. The van der Waals surface area contributed by atoms with Crippen molar-refractivity contribution in [1.82, 2.24) is 0 Å². The second-order valence-corrected chi connectivity index (χ2v) is 4.42. The fourth-order valence-corrected chi connectivity index (χ4v) is 2.39. The van der Waals surface area contributed by atoms with Gasteiger partial charge in [-0.1, -0.05) is 0 Å². The molecular formula is C11H6ClF3S. The van der Waals surface area contributed by atoms with Gasteiger partial charge in [0.1, 0.15) is 5.82 Å². The Balaban J connectivity index is 2.44. The van der Waals surface area contributed by atoms with Crippen molar-refractivity contribution in [3.05, 3.63) is 57.5 Å². The molecule has 0 nitrogen and oxygen atoms in total. The van der Waals surface area contributed by atoms with E-state index >= 15 is 0 Å². The highest BCUT2D eigenvalue weighted by molar-refractivity contribution is 7.08. The van der Waals surface area contributed by atoms with Crippen LogP contribution in [0.4, 0.5) is 13.2 Å². The minimum Gasteiger partial charge on any atom is -0.207 e. The Morgan fingerprint density at radius 1 is 1.06 bits per heavy atom. The second-order valence-electron chi connectivity index (χ2n) is 3.21. The van der Waals surface area contributed by atoms with E-state index < -0.39 is 22.8 Å². The van der Waals surface area contributed by atoms with E-state index in [4.69, 9.17) is 11.6 Å². The Morgan fingerprint density at radius 2 is 1.75 bits per heavy atom. The topological polar surface area (TPSA) is 0 Å². The first-order chi connectivity index (χ1) is 7.59. The van der Waals surface area contributed by atoms with Crippen molar-refractivity contribution in [2.75, 3.05) is 0 Å². The lowest BCUT2D eigenvalue weighted by molar-refractivity contribution is 0.490. The van der Waals surface area contributed by atoms with Gasteiger partial charge in [-0.3, -0.25) is 0 Å². The molecule has 1 aromatic heterocycles. The SMILES string of the molecule is Fc1cc(F)c(C(Cl)c2ccsc2)cc1F. The summed E-state index contributed by atoms with van der Waals surface area (Å²) >= 11 is 7.38. The van der Waals surface area contributed by atoms with Crippen molar-refractivity contribution in [2.45, 2.75) is 5.38 Å². The van der Waals surface area contributed by atoms with Crippen molar-refractivity contribution in [3.8, 4) is 0 Å². The number of halogens is 4. The molecule has 0 amide bonds. The third-order valence-electron chi connectivity index (χ3n) is 2.15. The van der Waals surface area contributed by atoms with Crippen LogP contribution in [0.3, 0.4) is 0 Å². The highest BCUT2D eigenvalue weighted by Gasteiger charge is 2.18. The second kappa shape index (κ2) is 4.47. The molecule has 0 saturated carbocycles. The van der Waals surface area contributed by atoms with Crippen LogP contribution in [-0.2, 0) is 0 Å². The molecule has 0 aliphatic carbocycles. The molecule has 1 atom stereocenters. The molecule has 1 unspecified atom stereocenters. The molecule has 1 heterocycles. The van der Waals surface area contributed by atoms with Crippen LogP contribution < -0.4 is 0 Å². The summed E-state index contributed by atoms with van der Waals surface area (Å²) in [5.74, 6) is -3.15. The number of rotatable bonds is 2. The Hall–Kier alpha value is -1.00. The average Bonchev–Trinajstić information content (AvgIpc) is 2.75. The van der Waals surface area contributed by atoms with Crippen LogP contribution in [0.5, 0.6) is 0 Å². The smallest absolute Gasteiger partial charge is 0.161 e. The van der Waals surface area contributed by atoms with Crippen LogP contribution in [0, 0.1) is 17.5 Å². The van der Waals surface area contributed by atoms with Crippen molar-refractivity contribution in [2.24, 2.45) is 0 Å². The Kier molecular flexibility index (Phi) is 3.21. The maximum Gasteiger partial charge on any atom is 0.161 e. The fourth-order valence-electron chi connectivity index (χ4n) is 1.33. The Morgan fingerprint density at radius 3 is 2.38 bits per heavy atom. The van der Waals surface area contributed by atoms with Gasteiger partial charge in [-0.25, -0.2) is 13.2 Å². The Labute approximate surface area is 99.3 Å². The third-order valence-corrected chi connectivity index (χ3v) is 3.34. The van der Waals surface area contributed by atoms with Gasteiger partial charge in [0.05, 0.1) is 5.38 Å². The van der Waals surface area contributed by atoms with Gasteiger partial charge in [0, 0.05) is 11.6 Å². The molecule has 0 radical (unpaired) electrons. The van der Waals surface area contributed by atoms with Gasteiger partial charge >= 0.3 is 0 Å². The summed E-state index contributed by atoms with van der Waals surface area (Å²) in [6.07, 6.45) is 0. The van der Waals surface area contributed by atoms with Crippen molar-refractivity contribution < 1.29 is 13.2 Å². The number of alkyl halides is 1. The zero-order valence-electron chi connectivity index (χ0n) is 7.88. The van der Waals surface area contributed by atoms with E-state index in [0.29, 0.717) is 11.6 Å². The van der Waals surface area contributed by atoms with Crippen molar-refractivity contribution in [3.63, 3.8) is 0 Å². The lowest BCUT2D eigenvalue weighted by atomic mass is 10.1. The van der Waals surface area contributed by atoms with Crippen molar-refractivity contribution >= 4 is 22.9 Å². The zero-order valence-corrected chi connectivity index (χ0v) is 9.46. The summed E-state index contributed by atoms with van der Waals surface area (Å²) in [6.45, 7) is 0. The van der Waals surface area contributed by atoms with E-state index in [1.54, 1.807) is 16.8 Å². The Bertz CT molecular complexity index is 496. The molecule has 0 saturated heterocycles. The van der Waals surface area contributed by atoms with E-state index in [0.717, 1.165) is 6.07 Å². The zero-order chi connectivity index (χ0) is 11.7. The maximum absolute atomic E-state index is 13.4. The number of hydrogen-bond donors (Lipinski definition) is 0. The van der Waals surface area contributed by atoms with Gasteiger partial charge in [-0.05, 0) is 28.5 Å². The lowest BCUT2D eigenvalue weighted by Crippen LogP contribution is -1.99. The molecule has 0 aliphatic heterocycles. The fraction of sp³-hybridized carbons (Fsp3) is 0.0909. The standard InChI is InChI=1S/C11H6ClF3S/c12-11(6-1-2-16-5-6)7-3-9(14)10(15)4-8(7)13/h1-5,11H. The summed E-state index contributed by atoms with van der Waals surface area (Å²) in [6, 6.07) is 3.01. The third kappa shape index (κ3) is 2.08. The summed E-state index contributed by atoms with van der Waals surface area (Å²) < 4.78 is 39.1. The molecule has 0 fully saturated rings. The molecule has 0 spiro atoms. The van der Waals surface area contributed by atoms with Crippen LogP contribution in [0.15, 0.2) is 29.0 Å². The molecule has 0 aliphatic rings. The average molecular weight is 263 g/mol. The summed E-state index contributed by atoms with van der Waals surface area (Å²) in [7, 11) is 0. The minimum absolute atomic E-state index is 0.0565. The van der Waals surface area contributed by atoms with Gasteiger partial charge in [0.2, 0.25) is 0 Å². The van der Waals surface area contributed by atoms with E-state index in [9.17, 15) is 13.2 Å². The highest BCUT2D eigenvalue weighted by atomic mass is 35.5. The molecule has 84 valence electrons. The largest absolute Gasteiger partial charge is 0.207 e. The minimum atomic E-state index is -1.21. The van der Waals surface area contributed by atoms with Gasteiger partial charge < -0.3 is 0 Å². The quantitative estimate of drug-likeness (QED) is 0.552. The normalized spacial score (nSPS) is 12.8. The first-order valence-corrected chi connectivity index (χ1v) is 5.78. The summed E-state index contributed by atoms with van der Waals surface area (Å²) in [5.41, 5.74) is 0.607. The molecule has 16 heavy (non-hydrogen) atoms.